The number of hydrogen-bond donors (Lipinski definition) is 2. The van der Waals surface area contributed by atoms with Gasteiger partial charge in [-0.15, -0.1) is 0 Å². The predicted molar refractivity (Wildman–Crippen MR) is 73.4 cm³/mol. The molecule has 0 aliphatic heterocycles. The molecular formula is C14H18N2O4. The van der Waals surface area contributed by atoms with Crippen molar-refractivity contribution < 1.29 is 19.1 Å². The maximum atomic E-state index is 12.0. The van der Waals surface area contributed by atoms with E-state index < -0.39 is 12.1 Å². The third-order valence-corrected chi connectivity index (χ3v) is 3.06. The van der Waals surface area contributed by atoms with Gasteiger partial charge in [0.15, 0.2) is 6.10 Å². The van der Waals surface area contributed by atoms with Crippen LogP contribution in [0.2, 0.25) is 0 Å². The summed E-state index contributed by atoms with van der Waals surface area (Å²) in [6.45, 7) is 1.53. The van der Waals surface area contributed by atoms with Crippen molar-refractivity contribution in [3.8, 4) is 5.75 Å². The molecule has 108 valence electrons. The van der Waals surface area contributed by atoms with E-state index in [1.807, 2.05) is 0 Å². The third kappa shape index (κ3) is 3.40. The van der Waals surface area contributed by atoms with E-state index in [1.165, 1.54) is 20.1 Å². The molecule has 6 nitrogen and oxygen atoms in total. The van der Waals surface area contributed by atoms with Gasteiger partial charge < -0.3 is 20.5 Å². The highest BCUT2D eigenvalue weighted by atomic mass is 16.5. The van der Waals surface area contributed by atoms with Crippen molar-refractivity contribution in [1.82, 2.24) is 5.32 Å². The van der Waals surface area contributed by atoms with E-state index in [2.05, 4.69) is 5.32 Å². The van der Waals surface area contributed by atoms with Crippen LogP contribution in [0.3, 0.4) is 0 Å². The van der Waals surface area contributed by atoms with Crippen LogP contribution < -0.4 is 15.8 Å². The summed E-state index contributed by atoms with van der Waals surface area (Å²) in [4.78, 5) is 23.7. The maximum absolute atomic E-state index is 12.0. The number of anilines is 1. The monoisotopic (exact) mass is 278 g/mol. The quantitative estimate of drug-likeness (QED) is 0.621. The summed E-state index contributed by atoms with van der Waals surface area (Å²) in [7, 11) is 1.49. The first-order valence-corrected chi connectivity index (χ1v) is 6.46. The summed E-state index contributed by atoms with van der Waals surface area (Å²) in [5.41, 5.74) is 6.20. The first-order valence-electron chi connectivity index (χ1n) is 6.46. The second-order valence-corrected chi connectivity index (χ2v) is 4.78. The molecule has 1 unspecified atom stereocenters. The Morgan fingerprint density at radius 2 is 2.10 bits per heavy atom. The van der Waals surface area contributed by atoms with Crippen LogP contribution in [0.25, 0.3) is 0 Å². The highest BCUT2D eigenvalue weighted by molar-refractivity contribution is 5.97. The lowest BCUT2D eigenvalue weighted by atomic mass is 10.1. The Morgan fingerprint density at radius 3 is 2.70 bits per heavy atom. The molecule has 3 N–H and O–H groups in total. The van der Waals surface area contributed by atoms with E-state index >= 15 is 0 Å². The van der Waals surface area contributed by atoms with Gasteiger partial charge in [0.2, 0.25) is 0 Å². The van der Waals surface area contributed by atoms with E-state index in [-0.39, 0.29) is 23.2 Å². The van der Waals surface area contributed by atoms with Crippen LogP contribution in [0.15, 0.2) is 18.2 Å². The predicted octanol–water partition coefficient (Wildman–Crippen LogP) is 1.10. The van der Waals surface area contributed by atoms with Gasteiger partial charge in [0, 0.05) is 11.7 Å². The normalized spacial score (nSPS) is 15.3. The average Bonchev–Trinajstić information content (AvgIpc) is 3.23. The molecule has 0 saturated heterocycles. The van der Waals surface area contributed by atoms with Gasteiger partial charge in [-0.1, -0.05) is 0 Å². The molecule has 6 heteroatoms. The highest BCUT2D eigenvalue weighted by Crippen LogP contribution is 2.21. The van der Waals surface area contributed by atoms with Gasteiger partial charge in [-0.05, 0) is 38.0 Å². The molecule has 2 rings (SSSR count). The summed E-state index contributed by atoms with van der Waals surface area (Å²) in [6, 6.07) is 4.92. The molecular weight excluding hydrogens is 260 g/mol. The molecule has 0 spiro atoms. The molecule has 0 bridgehead atoms. The highest BCUT2D eigenvalue weighted by Gasteiger charge is 2.27. The Bertz CT molecular complexity index is 526. The Hall–Kier alpha value is -2.24. The van der Waals surface area contributed by atoms with Gasteiger partial charge in [-0.25, -0.2) is 4.79 Å². The third-order valence-electron chi connectivity index (χ3n) is 3.06. The lowest BCUT2D eigenvalue weighted by Crippen LogP contribution is -2.37. The molecule has 1 fully saturated rings. The number of benzene rings is 1. The number of nitrogens with one attached hydrogen (secondary N) is 1. The van der Waals surface area contributed by atoms with Crippen LogP contribution in [0, 0.1) is 0 Å². The van der Waals surface area contributed by atoms with Crippen molar-refractivity contribution in [3.63, 3.8) is 0 Å². The van der Waals surface area contributed by atoms with Crippen molar-refractivity contribution in [3.05, 3.63) is 23.8 Å². The van der Waals surface area contributed by atoms with Gasteiger partial charge >= 0.3 is 5.97 Å². The van der Waals surface area contributed by atoms with Crippen LogP contribution in [-0.2, 0) is 9.53 Å². The topological polar surface area (TPSA) is 90.7 Å². The Labute approximate surface area is 117 Å². The van der Waals surface area contributed by atoms with Crippen molar-refractivity contribution in [2.24, 2.45) is 0 Å². The fraction of sp³-hybridized carbons (Fsp3) is 0.429. The van der Waals surface area contributed by atoms with Crippen LogP contribution >= 0.6 is 0 Å². The minimum Gasteiger partial charge on any atom is -0.497 e. The lowest BCUT2D eigenvalue weighted by Gasteiger charge is -2.14. The number of hydrogen-bond acceptors (Lipinski definition) is 5. The summed E-state index contributed by atoms with van der Waals surface area (Å²) in [5, 5.41) is 2.78. The summed E-state index contributed by atoms with van der Waals surface area (Å²) in [5.74, 6) is -0.427. The van der Waals surface area contributed by atoms with Crippen LogP contribution in [0.5, 0.6) is 5.75 Å². The number of rotatable bonds is 5. The standard InChI is InChI=1S/C14H18N2O4/c1-8(13(17)16-9-3-4-9)20-14(18)11-7-10(19-2)5-6-12(11)15/h5-9H,3-4,15H2,1-2H3,(H,16,17). The molecule has 0 aromatic heterocycles. The number of nitrogen functional groups attached to an aromatic ring is 1. The summed E-state index contributed by atoms with van der Waals surface area (Å²) < 4.78 is 10.2. The van der Waals surface area contributed by atoms with Crippen molar-refractivity contribution >= 4 is 17.6 Å². The zero-order chi connectivity index (χ0) is 14.7. The number of carbonyl (C=O) groups excluding carboxylic acids is 2. The molecule has 20 heavy (non-hydrogen) atoms. The van der Waals surface area contributed by atoms with Crippen molar-refractivity contribution in [2.45, 2.75) is 31.9 Å². The Balaban J connectivity index is 2.01. The van der Waals surface area contributed by atoms with Crippen LogP contribution in [0.1, 0.15) is 30.1 Å². The fourth-order valence-corrected chi connectivity index (χ4v) is 1.66. The number of methoxy groups -OCH3 is 1. The largest absolute Gasteiger partial charge is 0.497 e. The zero-order valence-corrected chi connectivity index (χ0v) is 11.5. The van der Waals surface area contributed by atoms with Gasteiger partial charge in [0.25, 0.3) is 5.91 Å². The Morgan fingerprint density at radius 1 is 1.40 bits per heavy atom. The molecule has 1 aliphatic carbocycles. The van der Waals surface area contributed by atoms with Gasteiger partial charge in [0.1, 0.15) is 5.75 Å². The summed E-state index contributed by atoms with van der Waals surface area (Å²) >= 11 is 0. The number of nitrogens with two attached hydrogens (primary N) is 1. The summed E-state index contributed by atoms with van der Waals surface area (Å²) in [6.07, 6.45) is 1.11. The molecule has 1 atom stereocenters. The van der Waals surface area contributed by atoms with Crippen LogP contribution in [-0.4, -0.2) is 31.1 Å². The number of esters is 1. The molecule has 1 aromatic carbocycles. The minimum absolute atomic E-state index is 0.190. The van der Waals surface area contributed by atoms with E-state index in [0.717, 1.165) is 12.8 Å². The molecule has 0 heterocycles. The van der Waals surface area contributed by atoms with E-state index in [1.54, 1.807) is 12.1 Å². The minimum atomic E-state index is -0.853. The fourth-order valence-electron chi connectivity index (χ4n) is 1.66. The van der Waals surface area contributed by atoms with Crippen LogP contribution in [0.4, 0.5) is 5.69 Å². The molecule has 0 radical (unpaired) electrons. The SMILES string of the molecule is COc1ccc(N)c(C(=O)OC(C)C(=O)NC2CC2)c1. The van der Waals surface area contributed by atoms with Gasteiger partial charge in [-0.2, -0.15) is 0 Å². The smallest absolute Gasteiger partial charge is 0.341 e. The molecule has 1 amide bonds. The number of carbonyl (C=O) groups is 2. The van der Waals surface area contributed by atoms with E-state index in [9.17, 15) is 9.59 Å². The average molecular weight is 278 g/mol. The van der Waals surface area contributed by atoms with E-state index in [0.29, 0.717) is 5.75 Å². The molecule has 1 aromatic rings. The van der Waals surface area contributed by atoms with Crippen molar-refractivity contribution in [1.29, 1.82) is 0 Å². The Kier molecular flexibility index (Phi) is 4.12. The maximum Gasteiger partial charge on any atom is 0.341 e. The second kappa shape index (κ2) is 5.81. The van der Waals surface area contributed by atoms with Crippen molar-refractivity contribution in [2.75, 3.05) is 12.8 Å². The zero-order valence-electron chi connectivity index (χ0n) is 11.5. The number of amides is 1. The lowest BCUT2D eigenvalue weighted by molar-refractivity contribution is -0.129. The molecule has 1 aliphatic rings. The van der Waals surface area contributed by atoms with E-state index in [4.69, 9.17) is 15.2 Å². The second-order valence-electron chi connectivity index (χ2n) is 4.78. The van der Waals surface area contributed by atoms with Gasteiger partial charge in [0.05, 0.1) is 12.7 Å². The molecule has 1 saturated carbocycles. The number of ether oxygens (including phenoxy) is 2. The first-order chi connectivity index (χ1) is 9.51. The first kappa shape index (κ1) is 14.2. The van der Waals surface area contributed by atoms with Gasteiger partial charge in [-0.3, -0.25) is 4.79 Å².